The molecule has 0 saturated carbocycles. The van der Waals surface area contributed by atoms with Crippen LogP contribution in [0.4, 0.5) is 0 Å². The fourth-order valence-corrected chi connectivity index (χ4v) is 4.11. The van der Waals surface area contributed by atoms with Gasteiger partial charge in [0.2, 0.25) is 0 Å². The number of aromatic nitrogens is 7. The zero-order chi connectivity index (χ0) is 19.2. The molecule has 138 valence electrons. The monoisotopic (exact) mass is 395 g/mol. The molecule has 0 aliphatic carbocycles. The van der Waals surface area contributed by atoms with Crippen LogP contribution in [-0.2, 0) is 0 Å². The van der Waals surface area contributed by atoms with Crippen LogP contribution in [0, 0.1) is 0 Å². The van der Waals surface area contributed by atoms with Crippen LogP contribution in [0.3, 0.4) is 0 Å². The summed E-state index contributed by atoms with van der Waals surface area (Å²) in [6, 6.07) is 13.8. The Hall–Kier alpha value is -3.91. The Balaban J connectivity index is 1.53. The first-order valence-corrected chi connectivity index (χ1v) is 9.89. The Morgan fingerprint density at radius 3 is 2.55 bits per heavy atom. The smallest absolute Gasteiger partial charge is 0.161 e. The van der Waals surface area contributed by atoms with Crippen molar-refractivity contribution >= 4 is 33.4 Å². The Kier molecular flexibility index (Phi) is 3.50. The van der Waals surface area contributed by atoms with Gasteiger partial charge in [0.05, 0.1) is 21.6 Å². The van der Waals surface area contributed by atoms with Gasteiger partial charge in [0.25, 0.3) is 0 Å². The molecule has 0 unspecified atom stereocenters. The Morgan fingerprint density at radius 2 is 1.69 bits per heavy atom. The highest BCUT2D eigenvalue weighted by atomic mass is 32.1. The van der Waals surface area contributed by atoms with E-state index in [4.69, 9.17) is 9.97 Å². The van der Waals surface area contributed by atoms with E-state index in [0.29, 0.717) is 11.5 Å². The summed E-state index contributed by atoms with van der Waals surface area (Å²) in [5, 5.41) is 9.57. The summed E-state index contributed by atoms with van der Waals surface area (Å²) in [7, 11) is 0. The molecule has 6 aromatic rings. The van der Waals surface area contributed by atoms with Crippen LogP contribution in [0.15, 0.2) is 66.4 Å². The van der Waals surface area contributed by atoms with Crippen molar-refractivity contribution in [1.82, 2.24) is 35.1 Å². The molecule has 7 nitrogen and oxygen atoms in total. The number of hydrogen-bond donors (Lipinski definition) is 2. The Bertz CT molecular complexity index is 1450. The molecule has 6 aromatic heterocycles. The number of fused-ring (bicyclic) bond motifs is 2. The van der Waals surface area contributed by atoms with Crippen molar-refractivity contribution in [2.45, 2.75) is 0 Å². The van der Waals surface area contributed by atoms with E-state index >= 15 is 0 Å². The minimum atomic E-state index is 0.663. The summed E-state index contributed by atoms with van der Waals surface area (Å²) >= 11 is 1.64. The molecule has 8 heteroatoms. The maximum Gasteiger partial charge on any atom is 0.161 e. The number of H-pyrrole nitrogens is 2. The second-order valence-corrected chi connectivity index (χ2v) is 7.47. The van der Waals surface area contributed by atoms with E-state index in [1.54, 1.807) is 29.9 Å². The van der Waals surface area contributed by atoms with Crippen LogP contribution in [0.25, 0.3) is 55.4 Å². The number of hydrogen-bond acceptors (Lipinski definition) is 6. The van der Waals surface area contributed by atoms with E-state index in [-0.39, 0.29) is 0 Å². The van der Waals surface area contributed by atoms with Gasteiger partial charge in [0, 0.05) is 24.2 Å². The molecule has 2 N–H and O–H groups in total. The van der Waals surface area contributed by atoms with Gasteiger partial charge >= 0.3 is 0 Å². The maximum atomic E-state index is 4.83. The number of pyridine rings is 3. The molecule has 0 radical (unpaired) electrons. The molecule has 0 aromatic carbocycles. The minimum Gasteiger partial charge on any atom is -0.336 e. The van der Waals surface area contributed by atoms with Crippen molar-refractivity contribution in [3.05, 3.63) is 66.4 Å². The molecule has 29 heavy (non-hydrogen) atoms. The second kappa shape index (κ2) is 6.32. The zero-order valence-corrected chi connectivity index (χ0v) is 15.8. The second-order valence-electron chi connectivity index (χ2n) is 6.52. The molecular weight excluding hydrogens is 382 g/mol. The summed E-state index contributed by atoms with van der Waals surface area (Å²) in [6.45, 7) is 0. The maximum absolute atomic E-state index is 4.83. The topological polar surface area (TPSA) is 96.0 Å². The van der Waals surface area contributed by atoms with Crippen molar-refractivity contribution in [3.8, 4) is 33.3 Å². The van der Waals surface area contributed by atoms with E-state index in [9.17, 15) is 0 Å². The standard InChI is InChI=1S/C21H13N7S/c1-2-16(29-11-1)19-17-14(7-10-23-19)25-21(26-17)20-18-15(27-28-20)4-3-13(24-18)12-5-8-22-9-6-12/h1-11H,(H,25,26)(H,27,28). The molecule has 6 heterocycles. The molecule has 0 spiro atoms. The highest BCUT2D eigenvalue weighted by Gasteiger charge is 2.17. The third-order valence-corrected chi connectivity index (χ3v) is 5.64. The van der Waals surface area contributed by atoms with Gasteiger partial charge in [-0.15, -0.1) is 11.3 Å². The van der Waals surface area contributed by atoms with Crippen LogP contribution in [-0.4, -0.2) is 35.1 Å². The van der Waals surface area contributed by atoms with Crippen molar-refractivity contribution in [2.75, 3.05) is 0 Å². The number of nitrogens with one attached hydrogen (secondary N) is 2. The predicted octanol–water partition coefficient (Wildman–Crippen LogP) is 4.69. The van der Waals surface area contributed by atoms with Gasteiger partial charge in [-0.05, 0) is 41.8 Å². The lowest BCUT2D eigenvalue weighted by atomic mass is 10.1. The van der Waals surface area contributed by atoms with Crippen LogP contribution < -0.4 is 0 Å². The van der Waals surface area contributed by atoms with Crippen LogP contribution in [0.5, 0.6) is 0 Å². The Morgan fingerprint density at radius 1 is 0.793 bits per heavy atom. The lowest BCUT2D eigenvalue weighted by Gasteiger charge is -2.00. The highest BCUT2D eigenvalue weighted by Crippen LogP contribution is 2.32. The van der Waals surface area contributed by atoms with Gasteiger partial charge in [-0.25, -0.2) is 9.97 Å². The summed E-state index contributed by atoms with van der Waals surface area (Å²) in [6.07, 6.45) is 5.31. The number of aromatic amines is 2. The van der Waals surface area contributed by atoms with Crippen LogP contribution in [0.2, 0.25) is 0 Å². The summed E-state index contributed by atoms with van der Waals surface area (Å²) < 4.78 is 0. The largest absolute Gasteiger partial charge is 0.336 e. The highest BCUT2D eigenvalue weighted by molar-refractivity contribution is 7.13. The van der Waals surface area contributed by atoms with Crippen molar-refractivity contribution in [2.24, 2.45) is 0 Å². The summed E-state index contributed by atoms with van der Waals surface area (Å²) in [4.78, 5) is 22.7. The van der Waals surface area contributed by atoms with Crippen molar-refractivity contribution in [1.29, 1.82) is 0 Å². The van der Waals surface area contributed by atoms with Gasteiger partial charge < -0.3 is 4.98 Å². The SMILES string of the molecule is c1csc(-c2nccc3[nH]c(-c4n[nH]c5ccc(-c6ccncc6)nc45)nc23)c1. The van der Waals surface area contributed by atoms with Crippen molar-refractivity contribution < 1.29 is 0 Å². The molecule has 0 fully saturated rings. The number of thiophene rings is 1. The Labute approximate surface area is 168 Å². The first kappa shape index (κ1) is 16.1. The predicted molar refractivity (Wildman–Crippen MR) is 113 cm³/mol. The van der Waals surface area contributed by atoms with E-state index < -0.39 is 0 Å². The molecule has 0 atom stereocenters. The molecular formula is C21H13N7S. The quantitative estimate of drug-likeness (QED) is 0.453. The van der Waals surface area contributed by atoms with Gasteiger partial charge in [-0.3, -0.25) is 15.1 Å². The summed E-state index contributed by atoms with van der Waals surface area (Å²) in [5.41, 5.74) is 6.78. The average molecular weight is 395 g/mol. The van der Waals surface area contributed by atoms with Gasteiger partial charge in [-0.2, -0.15) is 5.10 Å². The summed E-state index contributed by atoms with van der Waals surface area (Å²) in [5.74, 6) is 0.663. The molecule has 6 rings (SSSR count). The fraction of sp³-hybridized carbons (Fsp3) is 0. The minimum absolute atomic E-state index is 0.663. The molecule has 0 bridgehead atoms. The third kappa shape index (κ3) is 2.61. The lowest BCUT2D eigenvalue weighted by Crippen LogP contribution is -1.87. The molecule has 0 amide bonds. The number of rotatable bonds is 3. The van der Waals surface area contributed by atoms with Gasteiger partial charge in [-0.1, -0.05) is 6.07 Å². The van der Waals surface area contributed by atoms with Gasteiger partial charge in [0.15, 0.2) is 11.5 Å². The lowest BCUT2D eigenvalue weighted by molar-refractivity contribution is 1.10. The number of imidazole rings is 1. The van der Waals surface area contributed by atoms with E-state index in [0.717, 1.165) is 43.9 Å². The first-order chi connectivity index (χ1) is 14.4. The zero-order valence-electron chi connectivity index (χ0n) is 15.0. The molecule has 0 aliphatic heterocycles. The normalized spacial score (nSPS) is 11.4. The molecule has 0 aliphatic rings. The van der Waals surface area contributed by atoms with Crippen LogP contribution >= 0.6 is 11.3 Å². The van der Waals surface area contributed by atoms with E-state index in [1.807, 2.05) is 47.8 Å². The number of nitrogens with zero attached hydrogens (tertiary/aromatic N) is 5. The van der Waals surface area contributed by atoms with Crippen LogP contribution in [0.1, 0.15) is 0 Å². The van der Waals surface area contributed by atoms with Crippen molar-refractivity contribution in [3.63, 3.8) is 0 Å². The fourth-order valence-electron chi connectivity index (χ4n) is 3.39. The van der Waals surface area contributed by atoms with E-state index in [2.05, 4.69) is 25.1 Å². The first-order valence-electron chi connectivity index (χ1n) is 9.01. The third-order valence-electron chi connectivity index (χ3n) is 4.76. The average Bonchev–Trinajstić information content (AvgIpc) is 3.52. The van der Waals surface area contributed by atoms with Gasteiger partial charge in [0.1, 0.15) is 16.7 Å². The van der Waals surface area contributed by atoms with E-state index in [1.165, 1.54) is 0 Å². The molecule has 0 saturated heterocycles.